The molecule has 1 atom stereocenters. The summed E-state index contributed by atoms with van der Waals surface area (Å²) in [6.07, 6.45) is 0.816. The average molecular weight is 447 g/mol. The van der Waals surface area contributed by atoms with Crippen LogP contribution in [0.25, 0.3) is 0 Å². The lowest BCUT2D eigenvalue weighted by atomic mass is 9.87. The molecule has 33 heavy (non-hydrogen) atoms. The molecule has 1 amide bonds. The molecule has 0 unspecified atom stereocenters. The number of anilines is 1. The highest BCUT2D eigenvalue weighted by Gasteiger charge is 2.31. The number of nitrogens with zero attached hydrogens (tertiary/aromatic N) is 1. The number of carbonyl (C=O) groups excluding carboxylic acids is 1. The van der Waals surface area contributed by atoms with Crippen LogP contribution in [0.1, 0.15) is 22.7 Å². The van der Waals surface area contributed by atoms with E-state index in [0.29, 0.717) is 22.9 Å². The predicted molar refractivity (Wildman–Crippen MR) is 124 cm³/mol. The summed E-state index contributed by atoms with van der Waals surface area (Å²) in [4.78, 5) is 15.2. The number of ether oxygens (including phenoxy) is 4. The van der Waals surface area contributed by atoms with Crippen LogP contribution in [0.15, 0.2) is 60.7 Å². The Bertz CT molecular complexity index is 1160. The van der Waals surface area contributed by atoms with E-state index in [1.165, 1.54) is 5.56 Å². The van der Waals surface area contributed by atoms with Gasteiger partial charge in [-0.1, -0.05) is 30.3 Å². The quantitative estimate of drug-likeness (QED) is 0.617. The molecule has 170 valence electrons. The van der Waals surface area contributed by atoms with Crippen molar-refractivity contribution in [2.45, 2.75) is 12.5 Å². The standard InChI is InChI=1S/C26H26N2O5/c1-30-22-12-18-10-11-28(15-25(29)27-19-8-9-21-24(13-19)33-16-32-21)26(17-6-4-3-5-7-17)20(18)14-23(22)31-2/h3-9,12-14,26H,10-11,15-16H2,1-2H3,(H,27,29)/t26-/m0/s1. The van der Waals surface area contributed by atoms with Crippen LogP contribution >= 0.6 is 0 Å². The van der Waals surface area contributed by atoms with Crippen LogP contribution in [-0.4, -0.2) is 44.9 Å². The molecule has 2 aliphatic heterocycles. The molecule has 7 heteroatoms. The van der Waals surface area contributed by atoms with Gasteiger partial charge >= 0.3 is 0 Å². The Balaban J connectivity index is 1.42. The van der Waals surface area contributed by atoms with Crippen LogP contribution in [-0.2, 0) is 11.2 Å². The van der Waals surface area contributed by atoms with Gasteiger partial charge in [-0.15, -0.1) is 0 Å². The molecule has 3 aromatic rings. The fraction of sp³-hybridized carbons (Fsp3) is 0.269. The van der Waals surface area contributed by atoms with Crippen LogP contribution < -0.4 is 24.3 Å². The second-order valence-corrected chi connectivity index (χ2v) is 8.06. The number of hydrogen-bond donors (Lipinski definition) is 1. The Labute approximate surface area is 192 Å². The second kappa shape index (κ2) is 9.03. The van der Waals surface area contributed by atoms with Crippen molar-refractivity contribution in [3.8, 4) is 23.0 Å². The summed E-state index contributed by atoms with van der Waals surface area (Å²) in [5.41, 5.74) is 4.14. The van der Waals surface area contributed by atoms with Crippen LogP contribution in [0.4, 0.5) is 5.69 Å². The van der Waals surface area contributed by atoms with Gasteiger partial charge in [0.1, 0.15) is 0 Å². The zero-order valence-electron chi connectivity index (χ0n) is 18.7. The predicted octanol–water partition coefficient (Wildman–Crippen LogP) is 4.02. The van der Waals surface area contributed by atoms with Crippen molar-refractivity contribution in [2.24, 2.45) is 0 Å². The first kappa shape index (κ1) is 21.2. The van der Waals surface area contributed by atoms with Gasteiger partial charge in [-0.3, -0.25) is 9.69 Å². The first-order chi connectivity index (χ1) is 16.2. The van der Waals surface area contributed by atoms with Gasteiger partial charge in [-0.25, -0.2) is 0 Å². The number of fused-ring (bicyclic) bond motifs is 2. The lowest BCUT2D eigenvalue weighted by Crippen LogP contribution is -2.41. The summed E-state index contributed by atoms with van der Waals surface area (Å²) < 4.78 is 21.9. The molecule has 3 aromatic carbocycles. The molecule has 0 fully saturated rings. The van der Waals surface area contributed by atoms with E-state index in [0.717, 1.165) is 29.8 Å². The number of carbonyl (C=O) groups is 1. The summed E-state index contributed by atoms with van der Waals surface area (Å²) in [6.45, 7) is 1.20. The van der Waals surface area contributed by atoms with E-state index in [1.54, 1.807) is 20.3 Å². The Morgan fingerprint density at radius 3 is 2.55 bits per heavy atom. The van der Waals surface area contributed by atoms with Crippen molar-refractivity contribution in [2.75, 3.05) is 39.4 Å². The third-order valence-corrected chi connectivity index (χ3v) is 6.09. The maximum atomic E-state index is 13.0. The lowest BCUT2D eigenvalue weighted by molar-refractivity contribution is -0.117. The van der Waals surface area contributed by atoms with Crippen molar-refractivity contribution >= 4 is 11.6 Å². The molecule has 7 nitrogen and oxygen atoms in total. The van der Waals surface area contributed by atoms with Crippen molar-refractivity contribution in [3.05, 3.63) is 77.4 Å². The Hall–Kier alpha value is -3.71. The summed E-state index contributed by atoms with van der Waals surface area (Å²) in [5.74, 6) is 2.65. The monoisotopic (exact) mass is 446 g/mol. The largest absolute Gasteiger partial charge is 0.493 e. The first-order valence-corrected chi connectivity index (χ1v) is 10.9. The first-order valence-electron chi connectivity index (χ1n) is 10.9. The number of amides is 1. The van der Waals surface area contributed by atoms with Crippen LogP contribution in [0.3, 0.4) is 0 Å². The number of nitrogens with one attached hydrogen (secondary N) is 1. The smallest absolute Gasteiger partial charge is 0.238 e. The minimum atomic E-state index is -0.0845. The van der Waals surface area contributed by atoms with Crippen LogP contribution in [0, 0.1) is 0 Å². The number of rotatable bonds is 6. The number of benzene rings is 3. The van der Waals surface area contributed by atoms with Crippen molar-refractivity contribution in [3.63, 3.8) is 0 Å². The molecule has 0 saturated carbocycles. The molecule has 2 aliphatic rings. The SMILES string of the molecule is COc1cc2c(cc1OC)[C@H](c1ccccc1)N(CC(=O)Nc1ccc3c(c1)OCO3)CC2. The highest BCUT2D eigenvalue weighted by Crippen LogP contribution is 2.41. The van der Waals surface area contributed by atoms with E-state index in [4.69, 9.17) is 18.9 Å². The Kier molecular flexibility index (Phi) is 5.79. The average Bonchev–Trinajstić information content (AvgIpc) is 3.31. The van der Waals surface area contributed by atoms with E-state index in [1.807, 2.05) is 42.5 Å². The van der Waals surface area contributed by atoms with Gasteiger partial charge < -0.3 is 24.3 Å². The van der Waals surface area contributed by atoms with Gasteiger partial charge in [0.05, 0.1) is 26.8 Å². The van der Waals surface area contributed by atoms with Gasteiger partial charge in [0.2, 0.25) is 12.7 Å². The normalized spacial score (nSPS) is 16.7. The highest BCUT2D eigenvalue weighted by molar-refractivity contribution is 5.92. The molecular weight excluding hydrogens is 420 g/mol. The van der Waals surface area contributed by atoms with E-state index in [-0.39, 0.29) is 25.3 Å². The van der Waals surface area contributed by atoms with Gasteiger partial charge in [0.15, 0.2) is 23.0 Å². The van der Waals surface area contributed by atoms with E-state index >= 15 is 0 Å². The van der Waals surface area contributed by atoms with Gasteiger partial charge in [0, 0.05) is 18.3 Å². The topological polar surface area (TPSA) is 69.3 Å². The zero-order chi connectivity index (χ0) is 22.8. The zero-order valence-corrected chi connectivity index (χ0v) is 18.7. The molecule has 0 saturated heterocycles. The fourth-order valence-electron chi connectivity index (χ4n) is 4.55. The lowest BCUT2D eigenvalue weighted by Gasteiger charge is -2.37. The van der Waals surface area contributed by atoms with Crippen molar-refractivity contribution in [1.29, 1.82) is 0 Å². The summed E-state index contributed by atoms with van der Waals surface area (Å²) in [7, 11) is 3.29. The third kappa shape index (κ3) is 4.19. The summed E-state index contributed by atoms with van der Waals surface area (Å²) in [6, 6.07) is 19.7. The summed E-state index contributed by atoms with van der Waals surface area (Å²) >= 11 is 0. The Morgan fingerprint density at radius 1 is 1.00 bits per heavy atom. The molecule has 0 radical (unpaired) electrons. The molecule has 0 spiro atoms. The molecule has 2 heterocycles. The third-order valence-electron chi connectivity index (χ3n) is 6.09. The summed E-state index contributed by atoms with van der Waals surface area (Å²) in [5, 5.41) is 2.99. The maximum absolute atomic E-state index is 13.0. The molecule has 5 rings (SSSR count). The van der Waals surface area contributed by atoms with E-state index in [9.17, 15) is 4.79 Å². The molecule has 0 aromatic heterocycles. The molecular formula is C26H26N2O5. The van der Waals surface area contributed by atoms with E-state index < -0.39 is 0 Å². The highest BCUT2D eigenvalue weighted by atomic mass is 16.7. The number of hydrogen-bond acceptors (Lipinski definition) is 6. The minimum absolute atomic E-state index is 0.0720. The van der Waals surface area contributed by atoms with Crippen molar-refractivity contribution in [1.82, 2.24) is 4.90 Å². The van der Waals surface area contributed by atoms with Crippen LogP contribution in [0.2, 0.25) is 0 Å². The van der Waals surface area contributed by atoms with Crippen molar-refractivity contribution < 1.29 is 23.7 Å². The minimum Gasteiger partial charge on any atom is -0.493 e. The number of methoxy groups -OCH3 is 2. The van der Waals surface area contributed by atoms with Gasteiger partial charge in [-0.2, -0.15) is 0 Å². The molecule has 1 N–H and O–H groups in total. The second-order valence-electron chi connectivity index (χ2n) is 8.06. The molecule has 0 bridgehead atoms. The van der Waals surface area contributed by atoms with Gasteiger partial charge in [-0.05, 0) is 47.4 Å². The maximum Gasteiger partial charge on any atom is 0.238 e. The van der Waals surface area contributed by atoms with Gasteiger partial charge in [0.25, 0.3) is 0 Å². The fourth-order valence-corrected chi connectivity index (χ4v) is 4.55. The Morgan fingerprint density at radius 2 is 1.76 bits per heavy atom. The van der Waals surface area contributed by atoms with Crippen LogP contribution in [0.5, 0.6) is 23.0 Å². The molecule has 0 aliphatic carbocycles. The van der Waals surface area contributed by atoms with E-state index in [2.05, 4.69) is 22.3 Å².